The summed E-state index contributed by atoms with van der Waals surface area (Å²) >= 11 is 0. The zero-order valence-corrected chi connectivity index (χ0v) is 10.6. The second-order valence-corrected chi connectivity index (χ2v) is 3.92. The standard InChI is InChI=1S/C13H15N3O3/c1-2-3-4-12(17)19-16-13(18)9-5-6-11(15)10(7-9)8-14/h5-7H,2-4,15H2,1H3,(H,16,18). The van der Waals surface area contributed by atoms with Crippen molar-refractivity contribution in [1.82, 2.24) is 5.48 Å². The summed E-state index contributed by atoms with van der Waals surface area (Å²) in [6.07, 6.45) is 1.82. The van der Waals surface area contributed by atoms with Crippen molar-refractivity contribution in [2.45, 2.75) is 26.2 Å². The van der Waals surface area contributed by atoms with E-state index in [2.05, 4.69) is 4.84 Å². The van der Waals surface area contributed by atoms with E-state index in [1.54, 1.807) is 0 Å². The first-order valence-electron chi connectivity index (χ1n) is 5.88. The minimum atomic E-state index is -0.596. The Morgan fingerprint density at radius 3 is 2.84 bits per heavy atom. The molecule has 3 N–H and O–H groups in total. The Morgan fingerprint density at radius 2 is 2.21 bits per heavy atom. The van der Waals surface area contributed by atoms with Gasteiger partial charge in [-0.25, -0.2) is 4.79 Å². The summed E-state index contributed by atoms with van der Waals surface area (Å²) in [5.74, 6) is -1.09. The summed E-state index contributed by atoms with van der Waals surface area (Å²) < 4.78 is 0. The van der Waals surface area contributed by atoms with Crippen molar-refractivity contribution >= 4 is 17.6 Å². The molecule has 6 heteroatoms. The van der Waals surface area contributed by atoms with Crippen LogP contribution in [0.4, 0.5) is 5.69 Å². The van der Waals surface area contributed by atoms with Crippen LogP contribution >= 0.6 is 0 Å². The first-order valence-corrected chi connectivity index (χ1v) is 5.88. The summed E-state index contributed by atoms with van der Waals surface area (Å²) in [6, 6.07) is 6.11. The van der Waals surface area contributed by atoms with E-state index in [-0.39, 0.29) is 17.5 Å². The van der Waals surface area contributed by atoms with Gasteiger partial charge in [-0.15, -0.1) is 0 Å². The molecule has 0 fully saturated rings. The second-order valence-electron chi connectivity index (χ2n) is 3.92. The predicted molar refractivity (Wildman–Crippen MR) is 68.7 cm³/mol. The number of hydrogen-bond donors (Lipinski definition) is 2. The van der Waals surface area contributed by atoms with Crippen LogP contribution in [-0.2, 0) is 9.63 Å². The van der Waals surface area contributed by atoms with Crippen molar-refractivity contribution in [2.75, 3.05) is 5.73 Å². The normalized spacial score (nSPS) is 9.47. The molecule has 0 saturated carbocycles. The molecule has 19 heavy (non-hydrogen) atoms. The van der Waals surface area contributed by atoms with Crippen LogP contribution < -0.4 is 11.2 Å². The highest BCUT2D eigenvalue weighted by Crippen LogP contribution is 2.12. The minimum absolute atomic E-state index is 0.199. The van der Waals surface area contributed by atoms with Crippen LogP contribution in [0, 0.1) is 11.3 Å². The predicted octanol–water partition coefficient (Wildman–Crippen LogP) is 1.52. The van der Waals surface area contributed by atoms with E-state index in [9.17, 15) is 9.59 Å². The van der Waals surface area contributed by atoms with Crippen molar-refractivity contribution < 1.29 is 14.4 Å². The van der Waals surface area contributed by atoms with Gasteiger partial charge in [-0.05, 0) is 24.6 Å². The third kappa shape index (κ3) is 4.32. The van der Waals surface area contributed by atoms with Gasteiger partial charge in [0.15, 0.2) is 0 Å². The van der Waals surface area contributed by atoms with E-state index in [1.807, 2.05) is 18.5 Å². The van der Waals surface area contributed by atoms with Crippen LogP contribution in [0.5, 0.6) is 0 Å². The number of hydroxylamine groups is 1. The first kappa shape index (κ1) is 14.5. The Morgan fingerprint density at radius 1 is 1.47 bits per heavy atom. The third-order valence-electron chi connectivity index (χ3n) is 2.43. The van der Waals surface area contributed by atoms with Gasteiger partial charge in [0.05, 0.1) is 5.56 Å². The number of nitrogens with zero attached hydrogens (tertiary/aromatic N) is 1. The molecule has 0 aliphatic heterocycles. The number of nitrogen functional groups attached to an aromatic ring is 1. The summed E-state index contributed by atoms with van der Waals surface area (Å²) in [4.78, 5) is 27.5. The Kier molecular flexibility index (Phi) is 5.35. The Balaban J connectivity index is 2.59. The molecule has 0 aliphatic rings. The third-order valence-corrected chi connectivity index (χ3v) is 2.43. The van der Waals surface area contributed by atoms with Crippen molar-refractivity contribution in [2.24, 2.45) is 0 Å². The molecular formula is C13H15N3O3. The minimum Gasteiger partial charge on any atom is -0.398 e. The highest BCUT2D eigenvalue weighted by molar-refractivity contribution is 5.95. The number of amides is 1. The fourth-order valence-electron chi connectivity index (χ4n) is 1.33. The maximum absolute atomic E-state index is 11.7. The number of unbranched alkanes of at least 4 members (excludes halogenated alkanes) is 1. The molecular weight excluding hydrogens is 246 g/mol. The van der Waals surface area contributed by atoms with Gasteiger partial charge in [0, 0.05) is 17.7 Å². The van der Waals surface area contributed by atoms with Crippen LogP contribution in [0.1, 0.15) is 42.1 Å². The van der Waals surface area contributed by atoms with Gasteiger partial charge < -0.3 is 10.6 Å². The lowest BCUT2D eigenvalue weighted by molar-refractivity contribution is -0.149. The molecule has 0 aromatic heterocycles. The van der Waals surface area contributed by atoms with Gasteiger partial charge in [0.25, 0.3) is 5.91 Å². The largest absolute Gasteiger partial charge is 0.398 e. The number of nitrogens with one attached hydrogen (secondary N) is 1. The summed E-state index contributed by atoms with van der Waals surface area (Å²) in [5, 5.41) is 8.79. The lowest BCUT2D eigenvalue weighted by Gasteiger charge is -2.06. The highest BCUT2D eigenvalue weighted by Gasteiger charge is 2.10. The number of carbonyl (C=O) groups is 2. The fourth-order valence-corrected chi connectivity index (χ4v) is 1.33. The number of hydrogen-bond acceptors (Lipinski definition) is 5. The van der Waals surface area contributed by atoms with Crippen LogP contribution in [-0.4, -0.2) is 11.9 Å². The number of rotatable bonds is 4. The van der Waals surface area contributed by atoms with E-state index in [1.165, 1.54) is 18.2 Å². The fraction of sp³-hybridized carbons (Fsp3) is 0.308. The molecule has 0 atom stereocenters. The van der Waals surface area contributed by atoms with Crippen LogP contribution in [0.3, 0.4) is 0 Å². The van der Waals surface area contributed by atoms with Gasteiger partial charge in [-0.3, -0.25) is 4.79 Å². The van der Waals surface area contributed by atoms with Crippen LogP contribution in [0.2, 0.25) is 0 Å². The van der Waals surface area contributed by atoms with Gasteiger partial charge in [0.1, 0.15) is 6.07 Å². The summed E-state index contributed by atoms with van der Waals surface area (Å²) in [5.41, 5.74) is 8.27. The molecule has 0 saturated heterocycles. The molecule has 1 aromatic rings. The molecule has 100 valence electrons. The van der Waals surface area contributed by atoms with Crippen LogP contribution in [0.15, 0.2) is 18.2 Å². The van der Waals surface area contributed by atoms with Gasteiger partial charge in [-0.2, -0.15) is 10.7 Å². The van der Waals surface area contributed by atoms with Gasteiger partial charge in [0.2, 0.25) is 0 Å². The first-order chi connectivity index (χ1) is 9.08. The van der Waals surface area contributed by atoms with Gasteiger partial charge in [-0.1, -0.05) is 13.3 Å². The number of anilines is 1. The maximum Gasteiger partial charge on any atom is 0.332 e. The maximum atomic E-state index is 11.7. The Hall–Kier alpha value is -2.55. The smallest absolute Gasteiger partial charge is 0.332 e. The second kappa shape index (κ2) is 7.01. The number of nitriles is 1. The number of nitrogens with two attached hydrogens (primary N) is 1. The molecule has 1 rings (SSSR count). The molecule has 0 heterocycles. The Labute approximate surface area is 111 Å². The average molecular weight is 261 g/mol. The van der Waals surface area contributed by atoms with E-state index >= 15 is 0 Å². The quantitative estimate of drug-likeness (QED) is 0.631. The zero-order chi connectivity index (χ0) is 14.3. The van der Waals surface area contributed by atoms with Crippen molar-refractivity contribution in [3.63, 3.8) is 0 Å². The molecule has 6 nitrogen and oxygen atoms in total. The van der Waals surface area contributed by atoms with Crippen molar-refractivity contribution in [3.05, 3.63) is 29.3 Å². The highest BCUT2D eigenvalue weighted by atomic mass is 16.7. The van der Waals surface area contributed by atoms with Gasteiger partial charge >= 0.3 is 5.97 Å². The summed E-state index contributed by atoms with van der Waals surface area (Å²) in [7, 11) is 0. The van der Waals surface area contributed by atoms with E-state index in [4.69, 9.17) is 11.0 Å². The molecule has 1 amide bonds. The topological polar surface area (TPSA) is 105 Å². The average Bonchev–Trinajstić information content (AvgIpc) is 2.42. The van der Waals surface area contributed by atoms with E-state index < -0.39 is 11.9 Å². The number of carbonyl (C=O) groups excluding carboxylic acids is 2. The molecule has 0 spiro atoms. The van der Waals surface area contributed by atoms with E-state index in [0.717, 1.165) is 6.42 Å². The molecule has 0 bridgehead atoms. The van der Waals surface area contributed by atoms with Crippen molar-refractivity contribution in [3.8, 4) is 6.07 Å². The molecule has 0 unspecified atom stereocenters. The lowest BCUT2D eigenvalue weighted by Crippen LogP contribution is -2.27. The Bertz CT molecular complexity index is 520. The summed E-state index contributed by atoms with van der Waals surface area (Å²) in [6.45, 7) is 1.95. The lowest BCUT2D eigenvalue weighted by atomic mass is 10.1. The molecule has 0 radical (unpaired) electrons. The monoisotopic (exact) mass is 261 g/mol. The SMILES string of the molecule is CCCCC(=O)ONC(=O)c1ccc(N)c(C#N)c1. The zero-order valence-electron chi connectivity index (χ0n) is 10.6. The van der Waals surface area contributed by atoms with E-state index in [0.29, 0.717) is 12.1 Å². The molecule has 1 aromatic carbocycles. The van der Waals surface area contributed by atoms with Crippen LogP contribution in [0.25, 0.3) is 0 Å². The number of benzene rings is 1. The molecule has 0 aliphatic carbocycles. The van der Waals surface area contributed by atoms with Crippen molar-refractivity contribution in [1.29, 1.82) is 5.26 Å².